The van der Waals surface area contributed by atoms with E-state index in [4.69, 9.17) is 5.73 Å². The first-order valence-corrected chi connectivity index (χ1v) is 8.47. The molecule has 112 valence electrons. The number of hydrogen-bond donors (Lipinski definition) is 1. The molecule has 1 fully saturated rings. The van der Waals surface area contributed by atoms with Gasteiger partial charge in [0.05, 0.1) is 16.4 Å². The van der Waals surface area contributed by atoms with Crippen molar-refractivity contribution in [2.45, 2.75) is 58.9 Å². The minimum absolute atomic E-state index is 0.639. The van der Waals surface area contributed by atoms with Crippen LogP contribution in [0, 0.1) is 12.8 Å². The summed E-state index contributed by atoms with van der Waals surface area (Å²) in [6, 6.07) is 0.639. The molecule has 0 aliphatic heterocycles. The molecule has 2 N–H and O–H groups in total. The summed E-state index contributed by atoms with van der Waals surface area (Å²) in [5, 5.41) is 0. The molecule has 3 nitrogen and oxygen atoms in total. The third-order valence-corrected chi connectivity index (χ3v) is 5.22. The predicted molar refractivity (Wildman–Crippen MR) is 90.1 cm³/mol. The highest BCUT2D eigenvalue weighted by Crippen LogP contribution is 2.35. The van der Waals surface area contributed by atoms with E-state index in [-0.39, 0.29) is 0 Å². The number of rotatable bonds is 5. The molecular formula is C16H26BrN3. The summed E-state index contributed by atoms with van der Waals surface area (Å²) in [7, 11) is 0. The highest BCUT2D eigenvalue weighted by Gasteiger charge is 2.25. The molecule has 20 heavy (non-hydrogen) atoms. The van der Waals surface area contributed by atoms with Crippen LogP contribution in [0.3, 0.4) is 0 Å². The summed E-state index contributed by atoms with van der Waals surface area (Å²) in [6.07, 6.45) is 8.26. The van der Waals surface area contributed by atoms with Crippen molar-refractivity contribution < 1.29 is 0 Å². The van der Waals surface area contributed by atoms with Crippen molar-refractivity contribution in [3.8, 4) is 0 Å². The maximum atomic E-state index is 5.95. The van der Waals surface area contributed by atoms with E-state index in [1.807, 2.05) is 0 Å². The fourth-order valence-corrected chi connectivity index (χ4v) is 3.41. The van der Waals surface area contributed by atoms with Crippen LogP contribution < -0.4 is 10.6 Å². The molecule has 0 saturated heterocycles. The van der Waals surface area contributed by atoms with Gasteiger partial charge >= 0.3 is 0 Å². The lowest BCUT2D eigenvalue weighted by Gasteiger charge is -2.32. The number of hydrogen-bond acceptors (Lipinski definition) is 3. The molecule has 1 heterocycles. The lowest BCUT2D eigenvalue weighted by molar-refractivity contribution is 0.524. The van der Waals surface area contributed by atoms with Gasteiger partial charge in [0.15, 0.2) is 0 Å². The van der Waals surface area contributed by atoms with Crippen LogP contribution in [0.1, 0.15) is 51.5 Å². The monoisotopic (exact) mass is 339 g/mol. The van der Waals surface area contributed by atoms with Gasteiger partial charge in [-0.3, -0.25) is 0 Å². The zero-order chi connectivity index (χ0) is 14.7. The van der Waals surface area contributed by atoms with Gasteiger partial charge in [-0.05, 0) is 53.6 Å². The number of nitrogens with zero attached hydrogens (tertiary/aromatic N) is 2. The molecule has 1 aromatic rings. The molecule has 1 aliphatic rings. The van der Waals surface area contributed by atoms with Crippen LogP contribution in [0.2, 0.25) is 0 Å². The third-order valence-electron chi connectivity index (χ3n) is 4.27. The van der Waals surface area contributed by atoms with Gasteiger partial charge in [-0.25, -0.2) is 4.98 Å². The number of halogens is 1. The Labute approximate surface area is 131 Å². The summed E-state index contributed by atoms with van der Waals surface area (Å²) in [5.41, 5.74) is 7.81. The van der Waals surface area contributed by atoms with E-state index in [0.29, 0.717) is 12.0 Å². The van der Waals surface area contributed by atoms with Gasteiger partial charge in [-0.2, -0.15) is 0 Å². The quantitative estimate of drug-likeness (QED) is 0.856. The summed E-state index contributed by atoms with van der Waals surface area (Å²) in [5.74, 6) is 1.79. The van der Waals surface area contributed by atoms with Crippen molar-refractivity contribution in [1.82, 2.24) is 4.98 Å². The maximum absolute atomic E-state index is 5.95. The normalized spacial score (nSPS) is 16.1. The van der Waals surface area contributed by atoms with Gasteiger partial charge in [-0.15, -0.1) is 0 Å². The first-order chi connectivity index (χ1) is 9.50. The molecule has 0 bridgehead atoms. The fraction of sp³-hybridized carbons (Fsp3) is 0.688. The van der Waals surface area contributed by atoms with Crippen LogP contribution >= 0.6 is 15.9 Å². The van der Waals surface area contributed by atoms with Gasteiger partial charge in [-0.1, -0.05) is 26.7 Å². The summed E-state index contributed by atoms with van der Waals surface area (Å²) < 4.78 is 1.06. The van der Waals surface area contributed by atoms with Crippen LogP contribution in [0.15, 0.2) is 10.7 Å². The van der Waals surface area contributed by atoms with E-state index in [2.05, 4.69) is 46.6 Å². The molecule has 0 unspecified atom stereocenters. The van der Waals surface area contributed by atoms with Crippen molar-refractivity contribution in [3.05, 3.63) is 16.2 Å². The van der Waals surface area contributed by atoms with E-state index >= 15 is 0 Å². The molecule has 4 heteroatoms. The highest BCUT2D eigenvalue weighted by molar-refractivity contribution is 9.10. The standard InChI is InChI=1S/C16H26BrN3/c1-11(2)8-9-20(13-6-4-5-7-13)16-15(17)12(3)14(18)10-19-16/h10-11,13H,4-9,18H2,1-3H3. The molecule has 0 amide bonds. The Morgan fingerprint density at radius 3 is 2.65 bits per heavy atom. The van der Waals surface area contributed by atoms with E-state index in [1.54, 1.807) is 6.20 Å². The van der Waals surface area contributed by atoms with Gasteiger partial charge < -0.3 is 10.6 Å². The number of aromatic nitrogens is 1. The van der Waals surface area contributed by atoms with Gasteiger partial charge in [0.1, 0.15) is 5.82 Å². The minimum Gasteiger partial charge on any atom is -0.397 e. The maximum Gasteiger partial charge on any atom is 0.143 e. The van der Waals surface area contributed by atoms with Crippen molar-refractivity contribution in [1.29, 1.82) is 0 Å². The highest BCUT2D eigenvalue weighted by atomic mass is 79.9. The second-order valence-corrected chi connectivity index (χ2v) is 7.08. The van der Waals surface area contributed by atoms with Crippen LogP contribution in [-0.2, 0) is 0 Å². The molecule has 0 radical (unpaired) electrons. The van der Waals surface area contributed by atoms with Gasteiger partial charge in [0.2, 0.25) is 0 Å². The van der Waals surface area contributed by atoms with Crippen molar-refractivity contribution >= 4 is 27.4 Å². The fourth-order valence-electron chi connectivity index (χ4n) is 2.85. The Morgan fingerprint density at radius 1 is 1.40 bits per heavy atom. The predicted octanol–water partition coefficient (Wildman–Crippen LogP) is 4.53. The van der Waals surface area contributed by atoms with E-state index in [1.165, 1.54) is 32.1 Å². The van der Waals surface area contributed by atoms with Crippen molar-refractivity contribution in [2.24, 2.45) is 5.92 Å². The smallest absolute Gasteiger partial charge is 0.143 e. The Morgan fingerprint density at radius 2 is 2.05 bits per heavy atom. The molecule has 1 aliphatic carbocycles. The lowest BCUT2D eigenvalue weighted by atomic mass is 10.1. The van der Waals surface area contributed by atoms with Crippen molar-refractivity contribution in [2.75, 3.05) is 17.2 Å². The zero-order valence-corrected chi connectivity index (χ0v) is 14.4. The Hall–Kier alpha value is -0.770. The number of anilines is 2. The average Bonchev–Trinajstić information content (AvgIpc) is 2.92. The second kappa shape index (κ2) is 6.79. The minimum atomic E-state index is 0.639. The SMILES string of the molecule is Cc1c(N)cnc(N(CCC(C)C)C2CCCC2)c1Br. The molecular weight excluding hydrogens is 314 g/mol. The molecule has 0 spiro atoms. The Kier molecular flexibility index (Phi) is 5.30. The van der Waals surface area contributed by atoms with Crippen LogP contribution in [0.5, 0.6) is 0 Å². The first kappa shape index (κ1) is 15.6. The molecule has 0 atom stereocenters. The van der Waals surface area contributed by atoms with Crippen molar-refractivity contribution in [3.63, 3.8) is 0 Å². The molecule has 0 aromatic carbocycles. The topological polar surface area (TPSA) is 42.1 Å². The van der Waals surface area contributed by atoms with Crippen LogP contribution in [0.25, 0.3) is 0 Å². The second-order valence-electron chi connectivity index (χ2n) is 6.29. The zero-order valence-electron chi connectivity index (χ0n) is 12.8. The summed E-state index contributed by atoms with van der Waals surface area (Å²) in [6.45, 7) is 7.70. The Balaban J connectivity index is 2.27. The van der Waals surface area contributed by atoms with E-state index in [0.717, 1.165) is 28.1 Å². The first-order valence-electron chi connectivity index (χ1n) is 7.68. The van der Waals surface area contributed by atoms with E-state index in [9.17, 15) is 0 Å². The van der Waals surface area contributed by atoms with Gasteiger partial charge in [0, 0.05) is 12.6 Å². The lowest BCUT2D eigenvalue weighted by Crippen LogP contribution is -2.35. The summed E-state index contributed by atoms with van der Waals surface area (Å²) in [4.78, 5) is 7.12. The van der Waals surface area contributed by atoms with Crippen LogP contribution in [0.4, 0.5) is 11.5 Å². The third kappa shape index (κ3) is 3.46. The van der Waals surface area contributed by atoms with Gasteiger partial charge in [0.25, 0.3) is 0 Å². The average molecular weight is 340 g/mol. The summed E-state index contributed by atoms with van der Waals surface area (Å²) >= 11 is 3.70. The molecule has 1 saturated carbocycles. The number of pyridine rings is 1. The number of nitrogens with two attached hydrogens (primary N) is 1. The molecule has 2 rings (SSSR count). The molecule has 1 aromatic heterocycles. The number of nitrogen functional groups attached to an aromatic ring is 1. The largest absolute Gasteiger partial charge is 0.397 e. The van der Waals surface area contributed by atoms with E-state index < -0.39 is 0 Å². The van der Waals surface area contributed by atoms with Crippen LogP contribution in [-0.4, -0.2) is 17.6 Å². The Bertz CT molecular complexity index is 453.